The first-order chi connectivity index (χ1) is 16.8. The van der Waals surface area contributed by atoms with E-state index in [0.29, 0.717) is 25.7 Å². The maximum absolute atomic E-state index is 13.4. The smallest absolute Gasteiger partial charge is 0.326 e. The van der Waals surface area contributed by atoms with E-state index in [4.69, 9.17) is 22.9 Å². The number of aliphatic imine (C=N–C) groups is 1. The number of primary amides is 1. The Kier molecular flexibility index (Phi) is 12.6. The predicted molar refractivity (Wildman–Crippen MR) is 132 cm³/mol. The molecule has 0 aromatic carbocycles. The Morgan fingerprint density at radius 3 is 2.28 bits per heavy atom. The Labute approximate surface area is 210 Å². The van der Waals surface area contributed by atoms with E-state index in [1.54, 1.807) is 0 Å². The van der Waals surface area contributed by atoms with Crippen LogP contribution in [-0.2, 0) is 24.0 Å². The van der Waals surface area contributed by atoms with Crippen molar-refractivity contribution in [1.29, 1.82) is 0 Å². The molecule has 0 aromatic heterocycles. The molecule has 14 heteroatoms. The van der Waals surface area contributed by atoms with Gasteiger partial charge in [0, 0.05) is 19.5 Å². The number of carbonyl (C=O) groups excluding carboxylic acids is 4. The largest absolute Gasteiger partial charge is 0.480 e. The summed E-state index contributed by atoms with van der Waals surface area (Å²) in [4.78, 5) is 66.6. The third-order valence-corrected chi connectivity index (χ3v) is 5.76. The first-order valence-corrected chi connectivity index (χ1v) is 12.1. The molecule has 1 aliphatic rings. The second-order valence-electron chi connectivity index (χ2n) is 9.34. The van der Waals surface area contributed by atoms with Gasteiger partial charge in [-0.3, -0.25) is 24.2 Å². The van der Waals surface area contributed by atoms with Crippen molar-refractivity contribution in [3.63, 3.8) is 0 Å². The first-order valence-electron chi connectivity index (χ1n) is 12.1. The molecule has 1 aliphatic heterocycles. The number of likely N-dealkylation sites (tertiary alicyclic amines) is 1. The number of hydrogen-bond donors (Lipinski definition) is 7. The first kappa shape index (κ1) is 30.6. The number of hydrogen-bond acceptors (Lipinski definition) is 7. The van der Waals surface area contributed by atoms with Gasteiger partial charge < -0.3 is 43.6 Å². The van der Waals surface area contributed by atoms with Crippen LogP contribution < -0.4 is 33.6 Å². The molecule has 0 spiro atoms. The van der Waals surface area contributed by atoms with Gasteiger partial charge in [0.1, 0.15) is 18.1 Å². The summed E-state index contributed by atoms with van der Waals surface area (Å²) in [6.07, 6.45) is 1.63. The highest BCUT2D eigenvalue weighted by Gasteiger charge is 2.39. The highest BCUT2D eigenvalue weighted by atomic mass is 16.4. The van der Waals surface area contributed by atoms with Crippen molar-refractivity contribution in [2.45, 2.75) is 83.0 Å². The number of nitrogens with one attached hydrogen (secondary N) is 2. The van der Waals surface area contributed by atoms with Gasteiger partial charge in [0.15, 0.2) is 5.96 Å². The van der Waals surface area contributed by atoms with Gasteiger partial charge in [-0.1, -0.05) is 13.8 Å². The number of carboxylic acids is 1. The minimum Gasteiger partial charge on any atom is -0.480 e. The minimum absolute atomic E-state index is 0.0394. The van der Waals surface area contributed by atoms with Crippen molar-refractivity contribution < 1.29 is 29.1 Å². The molecule has 0 saturated carbocycles. The summed E-state index contributed by atoms with van der Waals surface area (Å²) in [6, 6.07) is -3.99. The van der Waals surface area contributed by atoms with Crippen molar-refractivity contribution in [3.05, 3.63) is 0 Å². The van der Waals surface area contributed by atoms with Gasteiger partial charge in [-0.15, -0.1) is 0 Å². The van der Waals surface area contributed by atoms with Gasteiger partial charge in [0.05, 0.1) is 6.04 Å². The second kappa shape index (κ2) is 14.9. The van der Waals surface area contributed by atoms with Crippen LogP contribution in [0.5, 0.6) is 0 Å². The molecule has 36 heavy (non-hydrogen) atoms. The second-order valence-corrected chi connectivity index (χ2v) is 9.34. The molecule has 1 rings (SSSR count). The number of nitrogens with zero attached hydrogens (tertiary/aromatic N) is 2. The molecule has 4 unspecified atom stereocenters. The summed E-state index contributed by atoms with van der Waals surface area (Å²) in [5, 5.41) is 14.6. The van der Waals surface area contributed by atoms with Crippen LogP contribution in [0.15, 0.2) is 4.99 Å². The van der Waals surface area contributed by atoms with Crippen molar-refractivity contribution in [2.75, 3.05) is 13.1 Å². The number of guanidine groups is 1. The van der Waals surface area contributed by atoms with Crippen LogP contribution in [0.4, 0.5) is 0 Å². The minimum atomic E-state index is -1.21. The van der Waals surface area contributed by atoms with E-state index in [1.807, 2.05) is 13.8 Å². The molecule has 1 fully saturated rings. The fourth-order valence-corrected chi connectivity index (χ4v) is 3.93. The van der Waals surface area contributed by atoms with E-state index in [-0.39, 0.29) is 44.2 Å². The molecular weight excluding hydrogens is 472 g/mol. The summed E-state index contributed by atoms with van der Waals surface area (Å²) in [6.45, 7) is 4.27. The molecule has 4 amide bonds. The summed E-state index contributed by atoms with van der Waals surface area (Å²) in [7, 11) is 0. The van der Waals surface area contributed by atoms with Crippen molar-refractivity contribution in [1.82, 2.24) is 15.5 Å². The SMILES string of the molecule is CC(C)CC(NC(=O)C(N)CCC(N)=O)C(=O)N1CCCC1C(=O)NC(CCCN=C(N)N)C(=O)O. The van der Waals surface area contributed by atoms with Crippen LogP contribution in [0.1, 0.15) is 58.8 Å². The Morgan fingerprint density at radius 2 is 1.72 bits per heavy atom. The number of rotatable bonds is 15. The average Bonchev–Trinajstić information content (AvgIpc) is 3.27. The van der Waals surface area contributed by atoms with E-state index >= 15 is 0 Å². The van der Waals surface area contributed by atoms with E-state index in [2.05, 4.69) is 15.6 Å². The lowest BCUT2D eigenvalue weighted by molar-refractivity contribution is -0.145. The molecule has 204 valence electrons. The molecule has 0 bridgehead atoms. The number of carbonyl (C=O) groups is 5. The number of aliphatic carboxylic acids is 1. The van der Waals surface area contributed by atoms with Gasteiger partial charge in [-0.25, -0.2) is 4.79 Å². The third-order valence-electron chi connectivity index (χ3n) is 5.76. The maximum atomic E-state index is 13.4. The molecule has 1 heterocycles. The molecule has 11 N–H and O–H groups in total. The molecule has 14 nitrogen and oxygen atoms in total. The van der Waals surface area contributed by atoms with Gasteiger partial charge in [0.25, 0.3) is 0 Å². The summed E-state index contributed by atoms with van der Waals surface area (Å²) in [5.41, 5.74) is 21.5. The number of nitrogens with two attached hydrogens (primary N) is 4. The quantitative estimate of drug-likeness (QED) is 0.0708. The molecular formula is C22H40N8O6. The molecule has 1 saturated heterocycles. The summed E-state index contributed by atoms with van der Waals surface area (Å²) in [5.74, 6) is -3.49. The average molecular weight is 513 g/mol. The Hall–Kier alpha value is -3.42. The lowest BCUT2D eigenvalue weighted by atomic mass is 10.0. The predicted octanol–water partition coefficient (Wildman–Crippen LogP) is -2.28. The van der Waals surface area contributed by atoms with Crippen LogP contribution >= 0.6 is 0 Å². The molecule has 0 aromatic rings. The third kappa shape index (κ3) is 10.5. The number of amides is 4. The fraction of sp³-hybridized carbons (Fsp3) is 0.727. The van der Waals surface area contributed by atoms with Crippen molar-refractivity contribution in [3.8, 4) is 0 Å². The Bertz CT molecular complexity index is 829. The van der Waals surface area contributed by atoms with Crippen molar-refractivity contribution in [2.24, 2.45) is 33.8 Å². The Balaban J connectivity index is 2.88. The van der Waals surface area contributed by atoms with Gasteiger partial charge >= 0.3 is 5.97 Å². The summed E-state index contributed by atoms with van der Waals surface area (Å²) < 4.78 is 0. The van der Waals surface area contributed by atoms with Crippen molar-refractivity contribution >= 4 is 35.6 Å². The highest BCUT2D eigenvalue weighted by molar-refractivity contribution is 5.94. The zero-order valence-electron chi connectivity index (χ0n) is 20.9. The normalized spacial score (nSPS) is 17.7. The maximum Gasteiger partial charge on any atom is 0.326 e. The fourth-order valence-electron chi connectivity index (χ4n) is 3.93. The molecule has 0 aliphatic carbocycles. The van der Waals surface area contributed by atoms with Gasteiger partial charge in [0.2, 0.25) is 23.6 Å². The van der Waals surface area contributed by atoms with E-state index in [1.165, 1.54) is 4.90 Å². The van der Waals surface area contributed by atoms with Gasteiger partial charge in [-0.05, 0) is 44.4 Å². The summed E-state index contributed by atoms with van der Waals surface area (Å²) >= 11 is 0. The Morgan fingerprint density at radius 1 is 1.06 bits per heavy atom. The zero-order valence-corrected chi connectivity index (χ0v) is 20.9. The lowest BCUT2D eigenvalue weighted by Crippen LogP contribution is -2.57. The highest BCUT2D eigenvalue weighted by Crippen LogP contribution is 2.21. The van der Waals surface area contributed by atoms with E-state index in [0.717, 1.165) is 0 Å². The van der Waals surface area contributed by atoms with E-state index < -0.39 is 53.8 Å². The van der Waals surface area contributed by atoms with Crippen LogP contribution in [0.3, 0.4) is 0 Å². The molecule has 0 radical (unpaired) electrons. The zero-order chi connectivity index (χ0) is 27.4. The van der Waals surface area contributed by atoms with Crippen LogP contribution in [0.25, 0.3) is 0 Å². The van der Waals surface area contributed by atoms with Gasteiger partial charge in [-0.2, -0.15) is 0 Å². The van der Waals surface area contributed by atoms with E-state index in [9.17, 15) is 29.1 Å². The van der Waals surface area contributed by atoms with Crippen LogP contribution in [0, 0.1) is 5.92 Å². The van der Waals surface area contributed by atoms with Crippen LogP contribution in [0.2, 0.25) is 0 Å². The lowest BCUT2D eigenvalue weighted by Gasteiger charge is -2.30. The standard InChI is InChI=1S/C22H40N8O6/c1-12(2)11-15(29-18(32)13(23)7-8-17(24)31)20(34)30-10-4-6-16(30)19(33)28-14(21(35)36)5-3-9-27-22(25)26/h12-16H,3-11,23H2,1-2H3,(H2,24,31)(H,28,33)(H,29,32)(H,35,36)(H4,25,26,27). The molecule has 4 atom stereocenters. The van der Waals surface area contributed by atoms with Crippen LogP contribution in [-0.4, -0.2) is 82.8 Å². The number of carboxylic acid groups (broad SMARTS) is 1. The monoisotopic (exact) mass is 512 g/mol. The topological polar surface area (TPSA) is 249 Å².